The average molecular weight is 546 g/mol. The molecule has 7 nitrogen and oxygen atoms in total. The van der Waals surface area contributed by atoms with Crippen LogP contribution in [0, 0.1) is 41.4 Å². The molecule has 9 heteroatoms. The first kappa shape index (κ1) is 26.5. The molecule has 0 saturated heterocycles. The molecule has 1 aromatic rings. The number of carbonyl (C=O) groups excluding carboxylic acids is 3. The first-order valence-corrected chi connectivity index (χ1v) is 14.4. The third-order valence-electron chi connectivity index (χ3n) is 10.6. The fourth-order valence-electron chi connectivity index (χ4n) is 9.15. The number of hydrogen-bond donors (Lipinski definition) is 0. The number of hydrogen-bond acceptors (Lipinski definition) is 7. The smallest absolute Gasteiger partial charge is 0.514 e. The summed E-state index contributed by atoms with van der Waals surface area (Å²) in [7, 11) is 0. The molecular weight excluding hydrogens is 510 g/mol. The summed E-state index contributed by atoms with van der Waals surface area (Å²) in [6.45, 7) is 2.02. The van der Waals surface area contributed by atoms with Crippen molar-refractivity contribution in [1.29, 1.82) is 0 Å². The first-order chi connectivity index (χ1) is 18.6. The van der Waals surface area contributed by atoms with Crippen LogP contribution in [0.3, 0.4) is 0 Å². The van der Waals surface area contributed by atoms with Gasteiger partial charge in [-0.1, -0.05) is 19.3 Å². The maximum atomic E-state index is 14.4. The summed E-state index contributed by atoms with van der Waals surface area (Å²) >= 11 is 0. The SMILES string of the molecule is CC1(OC(=O)Oc2ccc(C(=O)OC(C3CCCCC3)C(F)(F)C(=O)[O-])cc2)CC2CC1C1C3CCC(C3)C21. The van der Waals surface area contributed by atoms with Crippen molar-refractivity contribution in [2.45, 2.75) is 88.8 Å². The molecule has 0 N–H and O–H groups in total. The van der Waals surface area contributed by atoms with Gasteiger partial charge in [-0.3, -0.25) is 0 Å². The Balaban J connectivity index is 1.07. The van der Waals surface area contributed by atoms with Gasteiger partial charge < -0.3 is 24.1 Å². The molecule has 4 bridgehead atoms. The zero-order valence-electron chi connectivity index (χ0n) is 22.1. The summed E-state index contributed by atoms with van der Waals surface area (Å²) < 4.78 is 45.3. The summed E-state index contributed by atoms with van der Waals surface area (Å²) in [4.78, 5) is 36.6. The molecule has 0 heterocycles. The van der Waals surface area contributed by atoms with Crippen LogP contribution in [0.5, 0.6) is 5.75 Å². The third-order valence-corrected chi connectivity index (χ3v) is 10.6. The Kier molecular flexibility index (Phi) is 6.62. The minimum Gasteiger partial charge on any atom is -0.544 e. The fraction of sp³-hybridized carbons (Fsp3) is 0.700. The molecule has 8 unspecified atom stereocenters. The summed E-state index contributed by atoms with van der Waals surface area (Å²) in [5.41, 5.74) is -0.608. The normalized spacial score (nSPS) is 35.9. The average Bonchev–Trinajstić information content (AvgIpc) is 3.67. The van der Waals surface area contributed by atoms with Crippen molar-refractivity contribution in [3.05, 3.63) is 29.8 Å². The standard InChI is InChI=1S/C30H36F2O7/c1-29(15-20-14-22(29)24-19-8-7-18(13-19)23(20)24)39-28(36)37-21-11-9-17(10-12-21)26(33)38-25(30(31,32)27(34)35)16-5-3-2-4-6-16/h9-12,16,18-20,22-25H,2-8,13-15H2,1H3,(H,34,35)/p-1. The molecule has 6 rings (SSSR count). The Morgan fingerprint density at radius 1 is 0.949 bits per heavy atom. The number of alkyl halides is 2. The van der Waals surface area contributed by atoms with Crippen LogP contribution in [0.1, 0.15) is 81.5 Å². The van der Waals surface area contributed by atoms with Crippen molar-refractivity contribution in [1.82, 2.24) is 0 Å². The van der Waals surface area contributed by atoms with Crippen LogP contribution in [0.2, 0.25) is 0 Å². The number of halogens is 2. The van der Waals surface area contributed by atoms with Crippen LogP contribution >= 0.6 is 0 Å². The van der Waals surface area contributed by atoms with Crippen LogP contribution in [-0.4, -0.2) is 35.7 Å². The van der Waals surface area contributed by atoms with Crippen LogP contribution in [0.4, 0.5) is 13.6 Å². The highest BCUT2D eigenvalue weighted by Crippen LogP contribution is 2.70. The highest BCUT2D eigenvalue weighted by molar-refractivity contribution is 5.90. The van der Waals surface area contributed by atoms with Crippen molar-refractivity contribution < 1.29 is 42.5 Å². The van der Waals surface area contributed by atoms with Gasteiger partial charge in [-0.15, -0.1) is 0 Å². The number of carboxylic acids is 1. The molecule has 5 fully saturated rings. The molecular formula is C30H35F2O7-. The lowest BCUT2D eigenvalue weighted by molar-refractivity contribution is -0.337. The Labute approximate surface area is 226 Å². The van der Waals surface area contributed by atoms with Gasteiger partial charge in [-0.05, 0) is 106 Å². The van der Waals surface area contributed by atoms with E-state index in [2.05, 4.69) is 0 Å². The van der Waals surface area contributed by atoms with E-state index in [1.165, 1.54) is 43.5 Å². The summed E-state index contributed by atoms with van der Waals surface area (Å²) in [6.07, 6.45) is 5.89. The van der Waals surface area contributed by atoms with Crippen molar-refractivity contribution in [2.24, 2.45) is 41.4 Å². The molecule has 5 saturated carbocycles. The molecule has 0 amide bonds. The van der Waals surface area contributed by atoms with Gasteiger partial charge in [-0.25, -0.2) is 9.59 Å². The number of benzene rings is 1. The molecule has 39 heavy (non-hydrogen) atoms. The summed E-state index contributed by atoms with van der Waals surface area (Å²) in [6, 6.07) is 5.30. The lowest BCUT2D eigenvalue weighted by atomic mass is 9.66. The van der Waals surface area contributed by atoms with E-state index < -0.39 is 41.6 Å². The van der Waals surface area contributed by atoms with Crippen LogP contribution < -0.4 is 9.84 Å². The van der Waals surface area contributed by atoms with E-state index in [-0.39, 0.29) is 11.3 Å². The highest BCUT2D eigenvalue weighted by Gasteiger charge is 2.67. The van der Waals surface area contributed by atoms with Crippen LogP contribution in [0.25, 0.3) is 0 Å². The molecule has 8 atom stereocenters. The van der Waals surface area contributed by atoms with E-state index in [1.807, 2.05) is 6.92 Å². The molecule has 1 aromatic carbocycles. The number of esters is 1. The molecule has 0 spiro atoms. The van der Waals surface area contributed by atoms with Gasteiger partial charge in [0, 0.05) is 11.8 Å². The molecule has 0 radical (unpaired) electrons. The monoisotopic (exact) mass is 545 g/mol. The summed E-state index contributed by atoms with van der Waals surface area (Å²) in [5.74, 6) is -4.55. The van der Waals surface area contributed by atoms with E-state index in [4.69, 9.17) is 14.2 Å². The second kappa shape index (κ2) is 9.73. The molecule has 5 aliphatic rings. The maximum Gasteiger partial charge on any atom is 0.514 e. The van der Waals surface area contributed by atoms with Crippen molar-refractivity contribution in [3.8, 4) is 5.75 Å². The Morgan fingerprint density at radius 3 is 2.28 bits per heavy atom. The maximum absolute atomic E-state index is 14.4. The van der Waals surface area contributed by atoms with Gasteiger partial charge in [0.1, 0.15) is 17.3 Å². The zero-order valence-corrected chi connectivity index (χ0v) is 22.1. The number of fused-ring (bicyclic) bond motifs is 9. The van der Waals surface area contributed by atoms with Crippen molar-refractivity contribution in [2.75, 3.05) is 0 Å². The Bertz CT molecular complexity index is 1130. The fourth-order valence-corrected chi connectivity index (χ4v) is 9.15. The van der Waals surface area contributed by atoms with E-state index >= 15 is 0 Å². The number of carbonyl (C=O) groups is 3. The number of ether oxygens (including phenoxy) is 3. The molecule has 0 aromatic heterocycles. The Hall–Kier alpha value is -2.71. The summed E-state index contributed by atoms with van der Waals surface area (Å²) in [5, 5.41) is 11.1. The highest BCUT2D eigenvalue weighted by atomic mass is 19.3. The number of aliphatic carboxylic acids is 1. The van der Waals surface area contributed by atoms with Crippen LogP contribution in [-0.2, 0) is 14.3 Å². The topological polar surface area (TPSA) is 102 Å². The van der Waals surface area contributed by atoms with E-state index in [0.29, 0.717) is 43.4 Å². The molecule has 212 valence electrons. The van der Waals surface area contributed by atoms with Gasteiger partial charge in [0.15, 0.2) is 6.10 Å². The quantitative estimate of drug-likeness (QED) is 0.265. The second-order valence-corrected chi connectivity index (χ2v) is 12.7. The van der Waals surface area contributed by atoms with E-state index in [1.54, 1.807) is 0 Å². The van der Waals surface area contributed by atoms with Gasteiger partial charge >= 0.3 is 18.0 Å². The van der Waals surface area contributed by atoms with E-state index in [0.717, 1.165) is 37.0 Å². The third kappa shape index (κ3) is 4.59. The van der Waals surface area contributed by atoms with Crippen molar-refractivity contribution >= 4 is 18.1 Å². The van der Waals surface area contributed by atoms with E-state index in [9.17, 15) is 28.3 Å². The lowest BCUT2D eigenvalue weighted by Crippen LogP contribution is -2.54. The van der Waals surface area contributed by atoms with Gasteiger partial charge in [-0.2, -0.15) is 8.78 Å². The zero-order chi connectivity index (χ0) is 27.5. The Morgan fingerprint density at radius 2 is 1.62 bits per heavy atom. The van der Waals surface area contributed by atoms with Crippen molar-refractivity contribution in [3.63, 3.8) is 0 Å². The van der Waals surface area contributed by atoms with Gasteiger partial charge in [0.05, 0.1) is 5.56 Å². The first-order valence-electron chi connectivity index (χ1n) is 14.4. The number of carboxylic acid groups (broad SMARTS) is 1. The van der Waals surface area contributed by atoms with Crippen LogP contribution in [0.15, 0.2) is 24.3 Å². The molecule has 0 aliphatic heterocycles. The lowest BCUT2D eigenvalue weighted by Gasteiger charge is -2.43. The van der Waals surface area contributed by atoms with Gasteiger partial charge in [0.25, 0.3) is 0 Å². The molecule has 5 aliphatic carbocycles. The minimum atomic E-state index is -4.31. The largest absolute Gasteiger partial charge is 0.544 e. The predicted octanol–water partition coefficient (Wildman–Crippen LogP) is 5.15. The minimum absolute atomic E-state index is 0.0620. The van der Waals surface area contributed by atoms with Gasteiger partial charge in [0.2, 0.25) is 0 Å². The second-order valence-electron chi connectivity index (χ2n) is 12.7. The predicted molar refractivity (Wildman–Crippen MR) is 132 cm³/mol. The number of rotatable bonds is 7.